The highest BCUT2D eigenvalue weighted by molar-refractivity contribution is 6.30. The summed E-state index contributed by atoms with van der Waals surface area (Å²) in [4.78, 5) is 13.4. The van der Waals surface area contributed by atoms with Gasteiger partial charge in [-0.1, -0.05) is 23.7 Å². The van der Waals surface area contributed by atoms with Gasteiger partial charge in [0.2, 0.25) is 5.78 Å². The van der Waals surface area contributed by atoms with Gasteiger partial charge in [0.15, 0.2) is 0 Å². The number of ketones is 1. The minimum Gasteiger partial charge on any atom is -0.497 e. The van der Waals surface area contributed by atoms with Crippen LogP contribution in [0.1, 0.15) is 33.9 Å². The first-order valence-corrected chi connectivity index (χ1v) is 10.2. The molecule has 0 unspecified atom stereocenters. The zero-order chi connectivity index (χ0) is 21.5. The van der Waals surface area contributed by atoms with Crippen molar-refractivity contribution in [3.8, 4) is 11.5 Å². The predicted molar refractivity (Wildman–Crippen MR) is 115 cm³/mol. The number of rotatable bonds is 4. The van der Waals surface area contributed by atoms with Gasteiger partial charge in [-0.3, -0.25) is 4.79 Å². The first-order chi connectivity index (χ1) is 15.0. The molecular weight excluding hydrogens is 419 g/mol. The molecule has 3 aromatic rings. The van der Waals surface area contributed by atoms with Gasteiger partial charge in [0, 0.05) is 22.6 Å². The first kappa shape index (κ1) is 19.6. The average Bonchev–Trinajstić information content (AvgIpc) is 3.24. The van der Waals surface area contributed by atoms with E-state index in [1.807, 2.05) is 6.07 Å². The number of hydrazone groups is 1. The standard InChI is InChI=1S/C24H18ClFN2O3/c1-30-18-9-4-15(5-10-18)23(29)24-28-21(19-12-16(25)6-11-22(19)31-24)13-20(27-28)14-2-7-17(26)8-3-14/h2-12,21,24H,13H2,1H3/t21-,24+/m1/s1. The van der Waals surface area contributed by atoms with Crippen molar-refractivity contribution in [1.29, 1.82) is 0 Å². The summed E-state index contributed by atoms with van der Waals surface area (Å²) in [5.41, 5.74) is 2.92. The number of nitrogens with zero attached hydrogens (tertiary/aromatic N) is 2. The predicted octanol–water partition coefficient (Wildman–Crippen LogP) is 5.24. The largest absolute Gasteiger partial charge is 0.497 e. The number of benzene rings is 3. The minimum atomic E-state index is -0.926. The van der Waals surface area contributed by atoms with Crippen LogP contribution in [0.15, 0.2) is 71.8 Å². The monoisotopic (exact) mass is 436 g/mol. The number of Topliss-reactive ketones (excluding diaryl/α,β-unsaturated/α-hetero) is 1. The Morgan fingerprint density at radius 3 is 2.58 bits per heavy atom. The fourth-order valence-corrected chi connectivity index (χ4v) is 4.13. The molecule has 2 aliphatic rings. The summed E-state index contributed by atoms with van der Waals surface area (Å²) in [7, 11) is 1.57. The van der Waals surface area contributed by atoms with Gasteiger partial charge in [-0.2, -0.15) is 5.10 Å². The van der Waals surface area contributed by atoms with E-state index in [1.54, 1.807) is 60.6 Å². The van der Waals surface area contributed by atoms with Crippen molar-refractivity contribution >= 4 is 23.1 Å². The highest BCUT2D eigenvalue weighted by atomic mass is 35.5. The Bertz CT molecular complexity index is 1180. The third kappa shape index (κ3) is 3.53. The number of carbonyl (C=O) groups is 1. The lowest BCUT2D eigenvalue weighted by Gasteiger charge is -2.37. The Kier molecular flexibility index (Phi) is 4.87. The molecule has 0 spiro atoms. The second-order valence-electron chi connectivity index (χ2n) is 7.40. The van der Waals surface area contributed by atoms with Crippen LogP contribution in [0.2, 0.25) is 5.02 Å². The van der Waals surface area contributed by atoms with Crippen LogP contribution in [0.3, 0.4) is 0 Å². The number of hydrogen-bond donors (Lipinski definition) is 0. The molecular formula is C24H18ClFN2O3. The molecule has 0 aromatic heterocycles. The molecule has 5 rings (SSSR count). The molecule has 31 heavy (non-hydrogen) atoms. The first-order valence-electron chi connectivity index (χ1n) is 9.79. The third-order valence-electron chi connectivity index (χ3n) is 5.53. The van der Waals surface area contributed by atoms with E-state index in [4.69, 9.17) is 26.2 Å². The number of ether oxygens (including phenoxy) is 2. The van der Waals surface area contributed by atoms with Crippen LogP contribution < -0.4 is 9.47 Å². The van der Waals surface area contributed by atoms with Crippen LogP contribution in [0.5, 0.6) is 11.5 Å². The Labute approximate surface area is 183 Å². The van der Waals surface area contributed by atoms with Crippen molar-refractivity contribution < 1.29 is 18.7 Å². The second kappa shape index (κ2) is 7.71. The van der Waals surface area contributed by atoms with E-state index >= 15 is 0 Å². The number of fused-ring (bicyclic) bond motifs is 3. The van der Waals surface area contributed by atoms with E-state index in [2.05, 4.69) is 0 Å². The van der Waals surface area contributed by atoms with Gasteiger partial charge in [0.05, 0.1) is 18.9 Å². The lowest BCUT2D eigenvalue weighted by Crippen LogP contribution is -2.45. The number of hydrogen-bond acceptors (Lipinski definition) is 5. The quantitative estimate of drug-likeness (QED) is 0.525. The zero-order valence-corrected chi connectivity index (χ0v) is 17.3. The molecule has 0 amide bonds. The van der Waals surface area contributed by atoms with Crippen LogP contribution in [-0.4, -0.2) is 29.8 Å². The summed E-state index contributed by atoms with van der Waals surface area (Å²) < 4.78 is 24.7. The minimum absolute atomic E-state index is 0.211. The maximum absolute atomic E-state index is 13.4. The van der Waals surface area contributed by atoms with E-state index in [0.29, 0.717) is 28.5 Å². The zero-order valence-electron chi connectivity index (χ0n) is 16.6. The molecule has 0 saturated carbocycles. The van der Waals surface area contributed by atoms with Crippen molar-refractivity contribution in [2.45, 2.75) is 18.7 Å². The van der Waals surface area contributed by atoms with Crippen molar-refractivity contribution in [2.24, 2.45) is 5.10 Å². The Balaban J connectivity index is 1.55. The average molecular weight is 437 g/mol. The maximum atomic E-state index is 13.4. The van der Waals surface area contributed by atoms with E-state index in [0.717, 1.165) is 16.8 Å². The molecule has 2 atom stereocenters. The molecule has 0 N–H and O–H groups in total. The van der Waals surface area contributed by atoms with E-state index in [9.17, 15) is 9.18 Å². The number of methoxy groups -OCH3 is 1. The van der Waals surface area contributed by atoms with Crippen molar-refractivity contribution in [3.63, 3.8) is 0 Å². The summed E-state index contributed by atoms with van der Waals surface area (Å²) >= 11 is 6.23. The fourth-order valence-electron chi connectivity index (χ4n) is 3.95. The molecule has 7 heteroatoms. The van der Waals surface area contributed by atoms with Gasteiger partial charge in [0.25, 0.3) is 6.23 Å². The molecule has 5 nitrogen and oxygen atoms in total. The van der Waals surface area contributed by atoms with Crippen molar-refractivity contribution in [3.05, 3.63) is 94.3 Å². The smallest absolute Gasteiger partial charge is 0.251 e. The molecule has 0 fully saturated rings. The van der Waals surface area contributed by atoms with E-state index in [1.165, 1.54) is 12.1 Å². The van der Waals surface area contributed by atoms with Crippen LogP contribution in [-0.2, 0) is 0 Å². The normalized spacial score (nSPS) is 19.2. The van der Waals surface area contributed by atoms with Gasteiger partial charge in [-0.15, -0.1) is 0 Å². The highest BCUT2D eigenvalue weighted by Gasteiger charge is 2.43. The molecule has 3 aromatic carbocycles. The van der Waals surface area contributed by atoms with Crippen LogP contribution in [0, 0.1) is 5.82 Å². The van der Waals surface area contributed by atoms with Gasteiger partial charge in [-0.05, 0) is 60.2 Å². The fraction of sp³-hybridized carbons (Fsp3) is 0.167. The molecule has 0 bridgehead atoms. The molecule has 2 heterocycles. The molecule has 0 saturated heterocycles. The van der Waals surface area contributed by atoms with E-state index in [-0.39, 0.29) is 17.6 Å². The summed E-state index contributed by atoms with van der Waals surface area (Å²) in [6.07, 6.45) is -0.376. The Morgan fingerprint density at radius 2 is 1.87 bits per heavy atom. The molecule has 0 radical (unpaired) electrons. The van der Waals surface area contributed by atoms with Crippen molar-refractivity contribution in [1.82, 2.24) is 5.01 Å². The lowest BCUT2D eigenvalue weighted by atomic mass is 9.95. The SMILES string of the molecule is COc1ccc(C(=O)[C@@H]2Oc3ccc(Cl)cc3[C@H]3CC(c4ccc(F)cc4)=NN32)cc1. The van der Waals surface area contributed by atoms with Crippen LogP contribution in [0.25, 0.3) is 0 Å². The van der Waals surface area contributed by atoms with Crippen molar-refractivity contribution in [2.75, 3.05) is 7.11 Å². The Hall–Kier alpha value is -3.38. The van der Waals surface area contributed by atoms with Crippen LogP contribution in [0.4, 0.5) is 4.39 Å². The van der Waals surface area contributed by atoms with Gasteiger partial charge < -0.3 is 9.47 Å². The van der Waals surface area contributed by atoms with Gasteiger partial charge >= 0.3 is 0 Å². The number of halogens is 2. The second-order valence-corrected chi connectivity index (χ2v) is 7.84. The van der Waals surface area contributed by atoms with Gasteiger partial charge in [-0.25, -0.2) is 9.40 Å². The molecule has 0 aliphatic carbocycles. The van der Waals surface area contributed by atoms with Crippen LogP contribution >= 0.6 is 11.6 Å². The summed E-state index contributed by atoms with van der Waals surface area (Å²) in [6.45, 7) is 0. The van der Waals surface area contributed by atoms with Gasteiger partial charge in [0.1, 0.15) is 17.3 Å². The third-order valence-corrected chi connectivity index (χ3v) is 5.76. The highest BCUT2D eigenvalue weighted by Crippen LogP contribution is 2.44. The molecule has 156 valence electrons. The number of carbonyl (C=O) groups excluding carboxylic acids is 1. The summed E-state index contributed by atoms with van der Waals surface area (Å²) in [6, 6.07) is 18.2. The molecule has 2 aliphatic heterocycles. The summed E-state index contributed by atoms with van der Waals surface area (Å²) in [5.74, 6) is 0.746. The maximum Gasteiger partial charge on any atom is 0.251 e. The Morgan fingerprint density at radius 1 is 1.13 bits per heavy atom. The summed E-state index contributed by atoms with van der Waals surface area (Å²) in [5, 5.41) is 6.98. The lowest BCUT2D eigenvalue weighted by molar-refractivity contribution is -0.00455. The van der Waals surface area contributed by atoms with E-state index < -0.39 is 6.23 Å². The topological polar surface area (TPSA) is 51.1 Å².